The minimum absolute atomic E-state index is 0.00819. The molecule has 0 aliphatic rings. The number of hydrogen-bond donors (Lipinski definition) is 1. The van der Waals surface area contributed by atoms with Gasteiger partial charge in [0.05, 0.1) is 11.0 Å². The number of thiazole rings is 1. The van der Waals surface area contributed by atoms with Crippen LogP contribution in [0.5, 0.6) is 0 Å². The number of aromatic nitrogens is 1. The highest BCUT2D eigenvalue weighted by Crippen LogP contribution is 2.27. The second kappa shape index (κ2) is 3.81. The van der Waals surface area contributed by atoms with Crippen molar-refractivity contribution in [2.24, 2.45) is 5.73 Å². The van der Waals surface area contributed by atoms with Gasteiger partial charge in [-0.25, -0.2) is 4.98 Å². The van der Waals surface area contributed by atoms with Crippen molar-refractivity contribution < 1.29 is 0 Å². The molecule has 0 saturated heterocycles. The molecule has 2 nitrogen and oxygen atoms in total. The third kappa shape index (κ3) is 1.87. The highest BCUT2D eigenvalue weighted by atomic mass is 32.1. The van der Waals surface area contributed by atoms with Crippen molar-refractivity contribution in [3.8, 4) is 0 Å². The first kappa shape index (κ1) is 9.83. The van der Waals surface area contributed by atoms with E-state index in [2.05, 4.69) is 23.4 Å². The SMILES string of the molecule is Cc1cc(C(N)c2cnc(C)s2)cs1. The predicted molar refractivity (Wildman–Crippen MR) is 61.9 cm³/mol. The summed E-state index contributed by atoms with van der Waals surface area (Å²) in [4.78, 5) is 6.65. The van der Waals surface area contributed by atoms with Gasteiger partial charge in [0.25, 0.3) is 0 Å². The van der Waals surface area contributed by atoms with Crippen molar-refractivity contribution in [2.75, 3.05) is 0 Å². The van der Waals surface area contributed by atoms with Crippen molar-refractivity contribution in [1.82, 2.24) is 4.98 Å². The first-order valence-corrected chi connectivity index (χ1v) is 6.09. The third-order valence-electron chi connectivity index (χ3n) is 2.06. The lowest BCUT2D eigenvalue weighted by atomic mass is 10.1. The van der Waals surface area contributed by atoms with E-state index >= 15 is 0 Å². The van der Waals surface area contributed by atoms with Crippen LogP contribution in [0.15, 0.2) is 17.6 Å². The molecule has 0 aromatic carbocycles. The smallest absolute Gasteiger partial charge is 0.0897 e. The van der Waals surface area contributed by atoms with Gasteiger partial charge in [0.15, 0.2) is 0 Å². The van der Waals surface area contributed by atoms with Gasteiger partial charge in [-0.1, -0.05) is 0 Å². The Labute approximate surface area is 91.4 Å². The fraction of sp³-hybridized carbons (Fsp3) is 0.300. The molecule has 0 bridgehead atoms. The average molecular weight is 224 g/mol. The summed E-state index contributed by atoms with van der Waals surface area (Å²) in [6.45, 7) is 4.10. The highest BCUT2D eigenvalue weighted by molar-refractivity contribution is 7.11. The van der Waals surface area contributed by atoms with E-state index in [-0.39, 0.29) is 6.04 Å². The molecule has 14 heavy (non-hydrogen) atoms. The molecule has 0 spiro atoms. The molecule has 0 radical (unpaired) electrons. The molecule has 0 aliphatic carbocycles. The zero-order chi connectivity index (χ0) is 10.1. The normalized spacial score (nSPS) is 13.1. The quantitative estimate of drug-likeness (QED) is 0.852. The van der Waals surface area contributed by atoms with Crippen molar-refractivity contribution in [3.05, 3.63) is 38.0 Å². The Morgan fingerprint density at radius 2 is 2.21 bits per heavy atom. The molecule has 0 saturated carbocycles. The average Bonchev–Trinajstić information content (AvgIpc) is 2.73. The van der Waals surface area contributed by atoms with Crippen molar-refractivity contribution in [3.63, 3.8) is 0 Å². The van der Waals surface area contributed by atoms with Crippen LogP contribution in [0.3, 0.4) is 0 Å². The Balaban J connectivity index is 2.28. The summed E-state index contributed by atoms with van der Waals surface area (Å²) in [5.74, 6) is 0. The number of nitrogens with zero attached hydrogens (tertiary/aromatic N) is 1. The van der Waals surface area contributed by atoms with Crippen molar-refractivity contribution in [2.45, 2.75) is 19.9 Å². The molecule has 0 aliphatic heterocycles. The second-order valence-corrected chi connectivity index (χ2v) is 5.63. The lowest BCUT2D eigenvalue weighted by Gasteiger charge is -2.05. The summed E-state index contributed by atoms with van der Waals surface area (Å²) in [6.07, 6.45) is 1.87. The highest BCUT2D eigenvalue weighted by Gasteiger charge is 2.12. The molecule has 4 heteroatoms. The number of nitrogens with two attached hydrogens (primary N) is 1. The molecular formula is C10H12N2S2. The van der Waals surface area contributed by atoms with E-state index in [0.29, 0.717) is 0 Å². The van der Waals surface area contributed by atoms with E-state index in [1.165, 1.54) is 10.4 Å². The van der Waals surface area contributed by atoms with Gasteiger partial charge < -0.3 is 5.73 Å². The minimum Gasteiger partial charge on any atom is -0.320 e. The van der Waals surface area contributed by atoms with Crippen LogP contribution in [0.25, 0.3) is 0 Å². The van der Waals surface area contributed by atoms with Crippen LogP contribution < -0.4 is 5.73 Å². The Kier molecular flexibility index (Phi) is 2.67. The molecular weight excluding hydrogens is 212 g/mol. The number of aryl methyl sites for hydroxylation is 2. The van der Waals surface area contributed by atoms with Crippen LogP contribution >= 0.6 is 22.7 Å². The van der Waals surface area contributed by atoms with Gasteiger partial charge in [-0.05, 0) is 30.9 Å². The van der Waals surface area contributed by atoms with Gasteiger partial charge in [-0.15, -0.1) is 22.7 Å². The number of hydrogen-bond acceptors (Lipinski definition) is 4. The zero-order valence-electron chi connectivity index (χ0n) is 8.15. The van der Waals surface area contributed by atoms with E-state index in [1.54, 1.807) is 22.7 Å². The Morgan fingerprint density at radius 3 is 2.71 bits per heavy atom. The lowest BCUT2D eigenvalue weighted by molar-refractivity contribution is 0.894. The Bertz CT molecular complexity index is 391. The van der Waals surface area contributed by atoms with Crippen LogP contribution in [0, 0.1) is 13.8 Å². The largest absolute Gasteiger partial charge is 0.320 e. The topological polar surface area (TPSA) is 38.9 Å². The van der Waals surface area contributed by atoms with E-state index < -0.39 is 0 Å². The van der Waals surface area contributed by atoms with Gasteiger partial charge in [0, 0.05) is 16.0 Å². The lowest BCUT2D eigenvalue weighted by Crippen LogP contribution is -2.08. The van der Waals surface area contributed by atoms with Crippen LogP contribution in [-0.4, -0.2) is 4.98 Å². The van der Waals surface area contributed by atoms with Gasteiger partial charge in [-0.2, -0.15) is 0 Å². The van der Waals surface area contributed by atoms with Gasteiger partial charge >= 0.3 is 0 Å². The van der Waals surface area contributed by atoms with E-state index in [4.69, 9.17) is 5.73 Å². The fourth-order valence-corrected chi connectivity index (χ4v) is 2.87. The summed E-state index contributed by atoms with van der Waals surface area (Å²) < 4.78 is 0. The minimum atomic E-state index is -0.00819. The number of rotatable bonds is 2. The predicted octanol–water partition coefficient (Wildman–Crippen LogP) is 2.87. The summed E-state index contributed by atoms with van der Waals surface area (Å²) in [7, 11) is 0. The molecule has 1 atom stereocenters. The summed E-state index contributed by atoms with van der Waals surface area (Å²) in [6, 6.07) is 2.14. The van der Waals surface area contributed by atoms with Crippen molar-refractivity contribution >= 4 is 22.7 Å². The first-order chi connectivity index (χ1) is 6.66. The van der Waals surface area contributed by atoms with Gasteiger partial charge in [-0.3, -0.25) is 0 Å². The number of thiophene rings is 1. The molecule has 2 aromatic rings. The molecule has 0 amide bonds. The maximum atomic E-state index is 6.12. The van der Waals surface area contributed by atoms with E-state index in [9.17, 15) is 0 Å². The maximum Gasteiger partial charge on any atom is 0.0897 e. The molecule has 0 fully saturated rings. The van der Waals surface area contributed by atoms with Crippen LogP contribution in [-0.2, 0) is 0 Å². The Morgan fingerprint density at radius 1 is 1.43 bits per heavy atom. The first-order valence-electron chi connectivity index (χ1n) is 4.40. The monoisotopic (exact) mass is 224 g/mol. The van der Waals surface area contributed by atoms with Crippen LogP contribution in [0.1, 0.15) is 26.4 Å². The summed E-state index contributed by atoms with van der Waals surface area (Å²) in [5.41, 5.74) is 7.31. The molecule has 2 rings (SSSR count). The molecule has 2 heterocycles. The van der Waals surface area contributed by atoms with Crippen LogP contribution in [0.4, 0.5) is 0 Å². The summed E-state index contributed by atoms with van der Waals surface area (Å²) in [5, 5.41) is 3.19. The Hall–Kier alpha value is -0.710. The van der Waals surface area contributed by atoms with Gasteiger partial charge in [0.2, 0.25) is 0 Å². The summed E-state index contributed by atoms with van der Waals surface area (Å²) >= 11 is 3.41. The molecule has 2 N–H and O–H groups in total. The molecule has 74 valence electrons. The molecule has 1 unspecified atom stereocenters. The zero-order valence-corrected chi connectivity index (χ0v) is 9.78. The molecule has 2 aromatic heterocycles. The fourth-order valence-electron chi connectivity index (χ4n) is 1.31. The van der Waals surface area contributed by atoms with E-state index in [0.717, 1.165) is 9.88 Å². The van der Waals surface area contributed by atoms with E-state index in [1.807, 2.05) is 13.1 Å². The second-order valence-electron chi connectivity index (χ2n) is 3.25. The maximum absolute atomic E-state index is 6.12. The van der Waals surface area contributed by atoms with Crippen LogP contribution in [0.2, 0.25) is 0 Å². The standard InChI is InChI=1S/C10H12N2S2/c1-6-3-8(5-13-6)10(11)9-4-12-7(2)14-9/h3-5,10H,11H2,1-2H3. The van der Waals surface area contributed by atoms with Gasteiger partial charge in [0.1, 0.15) is 0 Å². The third-order valence-corrected chi connectivity index (χ3v) is 3.93. The van der Waals surface area contributed by atoms with Crippen molar-refractivity contribution in [1.29, 1.82) is 0 Å².